The van der Waals surface area contributed by atoms with Crippen molar-refractivity contribution in [2.24, 2.45) is 35.1 Å². The smallest absolute Gasteiger partial charge is 0.314 e. The number of urea groups is 1. The number of benzene rings is 2. The molecule has 2 aromatic carbocycles. The number of carbonyl (C=O) groups is 2. The number of ether oxygens (including phenoxy) is 2. The molecule has 4 aliphatic rings. The number of methoxy groups -OCH3 is 1. The maximum Gasteiger partial charge on any atom is 0.314 e. The summed E-state index contributed by atoms with van der Waals surface area (Å²) in [5, 5.41) is 0. The van der Waals surface area contributed by atoms with Crippen LogP contribution in [-0.2, 0) is 27.9 Å². The highest BCUT2D eigenvalue weighted by molar-refractivity contribution is 7.93. The second-order valence-electron chi connectivity index (χ2n) is 15.7. The average Bonchev–Trinajstić information content (AvgIpc) is 3.27. The van der Waals surface area contributed by atoms with Gasteiger partial charge in [0.25, 0.3) is 0 Å². The van der Waals surface area contributed by atoms with Crippen molar-refractivity contribution in [1.29, 1.82) is 0 Å². The van der Waals surface area contributed by atoms with Crippen LogP contribution in [0.3, 0.4) is 0 Å². The van der Waals surface area contributed by atoms with Crippen molar-refractivity contribution < 1.29 is 25.0 Å². The van der Waals surface area contributed by atoms with Crippen LogP contribution in [0.4, 0.5) is 10.5 Å². The molecule has 9 nitrogen and oxygen atoms in total. The molecule has 4 atom stereocenters. The lowest BCUT2D eigenvalue weighted by Crippen LogP contribution is -2.59. The van der Waals surface area contributed by atoms with Gasteiger partial charge in [0.2, 0.25) is 0 Å². The Balaban J connectivity index is 0.000000502. The van der Waals surface area contributed by atoms with Crippen molar-refractivity contribution in [3.05, 3.63) is 70.8 Å². The number of rotatable bonds is 11. The molecule has 1 saturated heterocycles. The van der Waals surface area contributed by atoms with E-state index in [1.807, 2.05) is 34.5 Å². The number of amides is 2. The van der Waals surface area contributed by atoms with Gasteiger partial charge in [0.15, 0.2) is 0 Å². The number of carbonyl (C=O) groups excluding carboxylic acids is 2. The summed E-state index contributed by atoms with van der Waals surface area (Å²) in [5.41, 5.74) is 17.8. The van der Waals surface area contributed by atoms with Gasteiger partial charge in [0.1, 0.15) is 12.5 Å². The summed E-state index contributed by atoms with van der Waals surface area (Å²) in [6.07, 6.45) is 13.1. The van der Waals surface area contributed by atoms with Crippen LogP contribution in [0.2, 0.25) is 0 Å². The molecule has 0 radical (unpaired) electrons. The second kappa shape index (κ2) is 21.1. The van der Waals surface area contributed by atoms with Crippen LogP contribution in [-0.4, -0.2) is 73.5 Å². The van der Waals surface area contributed by atoms with Crippen molar-refractivity contribution in [3.8, 4) is 5.75 Å². The Morgan fingerprint density at radius 1 is 1.17 bits per heavy atom. The zero-order chi connectivity index (χ0) is 39.2. The minimum atomic E-state index is -0.335. The largest absolute Gasteiger partial charge is 0.490 e. The van der Waals surface area contributed by atoms with Gasteiger partial charge in [-0.1, -0.05) is 62.8 Å². The van der Waals surface area contributed by atoms with Crippen LogP contribution in [0.1, 0.15) is 96.8 Å². The second-order valence-corrected chi connectivity index (χ2v) is 16.3. The first-order valence-electron chi connectivity index (χ1n) is 19.6. The highest BCUT2D eigenvalue weighted by Crippen LogP contribution is 2.46. The standard InChI is InChI=1S/C32H44N2O2S.C8H16N2O2.C2H6.CH2O.H2/c1-23-9-13-29-27(16-23)8-5-15-32(29)21-34(30-17-25(18-33)10-14-31(30)36-22-32)19-28-12-11-26(28)7-4-3-6-24(2)20-37-35;1-8(2,12-3)6-4-10(5-6)7(9)11;2*1-2;/h3-4,9-10,13-14,16-17,24,26,28,35H,5-8,11-12,15,18-22,33H2,1-2H3;6H,4-5H2,1-3H3,(H2,9,11);1-2H3;1H2;1H/b4-3+;;;;/t24-,26+,28-,32-;;;;/m0..../s1. The molecule has 0 unspecified atom stereocenters. The van der Waals surface area contributed by atoms with Crippen molar-refractivity contribution in [1.82, 2.24) is 4.90 Å². The Morgan fingerprint density at radius 2 is 1.89 bits per heavy atom. The lowest BCUT2D eigenvalue weighted by atomic mass is 9.68. The highest BCUT2D eigenvalue weighted by Gasteiger charge is 2.43. The average molecular weight is 755 g/mol. The van der Waals surface area contributed by atoms with E-state index < -0.39 is 0 Å². The normalized spacial score (nSPS) is 22.5. The Bertz CT molecular complexity index is 1470. The Kier molecular flexibility index (Phi) is 17.7. The molecule has 1 saturated carbocycles. The predicted molar refractivity (Wildman–Crippen MR) is 223 cm³/mol. The van der Waals surface area contributed by atoms with Crippen molar-refractivity contribution in [2.45, 2.75) is 104 Å². The number of fused-ring (bicyclic) bond motifs is 3. The lowest BCUT2D eigenvalue weighted by molar-refractivity contribution is -0.0980. The van der Waals surface area contributed by atoms with Crippen LogP contribution < -0.4 is 21.1 Å². The third-order valence-electron chi connectivity index (χ3n) is 11.8. The van der Waals surface area contributed by atoms with Crippen molar-refractivity contribution >= 4 is 30.6 Å². The summed E-state index contributed by atoms with van der Waals surface area (Å²) in [5.74, 6) is 4.21. The molecule has 2 amide bonds. The zero-order valence-electron chi connectivity index (χ0n) is 33.6. The molecule has 1 spiro atoms. The molecule has 0 bridgehead atoms. The van der Waals surface area contributed by atoms with E-state index in [1.165, 1.54) is 60.0 Å². The van der Waals surface area contributed by atoms with E-state index in [4.69, 9.17) is 30.3 Å². The number of hydrogen-bond acceptors (Lipinski definition) is 8. The van der Waals surface area contributed by atoms with E-state index in [0.717, 1.165) is 75.1 Å². The summed E-state index contributed by atoms with van der Waals surface area (Å²) >= 11 is 0.956. The first-order valence-corrected chi connectivity index (χ1v) is 20.5. The first-order chi connectivity index (χ1) is 25.5. The van der Waals surface area contributed by atoms with Gasteiger partial charge in [0, 0.05) is 58.3 Å². The Hall–Kier alpha value is -3.05. The lowest BCUT2D eigenvalue weighted by Gasteiger charge is -2.45. The van der Waals surface area contributed by atoms with Gasteiger partial charge in [0.05, 0.1) is 17.9 Å². The summed E-state index contributed by atoms with van der Waals surface area (Å²) in [4.78, 5) is 22.9. The summed E-state index contributed by atoms with van der Waals surface area (Å²) < 4.78 is 21.0. The number of aryl methyl sites for hydroxylation is 2. The third kappa shape index (κ3) is 11.5. The fraction of sp³-hybridized carbons (Fsp3) is 0.628. The van der Waals surface area contributed by atoms with E-state index in [1.54, 1.807) is 12.0 Å². The molecule has 0 aromatic heterocycles. The van der Waals surface area contributed by atoms with Crippen LogP contribution in [0.5, 0.6) is 5.75 Å². The molecule has 298 valence electrons. The number of nitrogens with two attached hydrogens (primary N) is 2. The topological polar surface area (TPSA) is 131 Å². The van der Waals surface area contributed by atoms with Gasteiger partial charge in [-0.05, 0) is 124 Å². The summed E-state index contributed by atoms with van der Waals surface area (Å²) in [6, 6.07) is 13.3. The van der Waals surface area contributed by atoms with Crippen LogP contribution >= 0.6 is 12.0 Å². The molecular formula is C43H70N4O5S. The van der Waals surface area contributed by atoms with Crippen LogP contribution in [0.25, 0.3) is 0 Å². The fourth-order valence-corrected chi connectivity index (χ4v) is 8.37. The van der Waals surface area contributed by atoms with Gasteiger partial charge in [-0.15, -0.1) is 0 Å². The number of primary amides is 1. The zero-order valence-corrected chi connectivity index (χ0v) is 34.4. The van der Waals surface area contributed by atoms with Crippen LogP contribution in [0.15, 0.2) is 48.6 Å². The van der Waals surface area contributed by atoms with Crippen molar-refractivity contribution in [2.75, 3.05) is 50.5 Å². The molecule has 2 fully saturated rings. The minimum absolute atomic E-state index is 0. The molecule has 2 heterocycles. The Morgan fingerprint density at radius 3 is 2.51 bits per heavy atom. The van der Waals surface area contributed by atoms with Gasteiger partial charge >= 0.3 is 6.03 Å². The molecule has 10 heteroatoms. The maximum absolute atomic E-state index is 10.6. The van der Waals surface area contributed by atoms with E-state index >= 15 is 0 Å². The molecule has 2 aromatic rings. The summed E-state index contributed by atoms with van der Waals surface area (Å²) in [6.45, 7) is 19.3. The fourth-order valence-electron chi connectivity index (χ4n) is 7.98. The van der Waals surface area contributed by atoms with Gasteiger partial charge in [-0.2, -0.15) is 0 Å². The van der Waals surface area contributed by atoms with E-state index in [0.29, 0.717) is 24.3 Å². The Labute approximate surface area is 325 Å². The van der Waals surface area contributed by atoms with Crippen LogP contribution in [0, 0.1) is 30.6 Å². The van der Waals surface area contributed by atoms with E-state index in [-0.39, 0.29) is 18.5 Å². The third-order valence-corrected chi connectivity index (χ3v) is 12.5. The molecule has 53 heavy (non-hydrogen) atoms. The molecule has 5 N–H and O–H groups in total. The SMILES string of the molecule is C=O.CC.COC(C)(C)C1CN(C(N)=O)C1.Cc1ccc2c(c1)CCC[C@]21COc2ccc(CN)cc2N(C[C@@H]2CC[C@H]2C/C=C/C[C@H](C)CSO)C1.[HH]. The highest BCUT2D eigenvalue weighted by atomic mass is 32.2. The number of anilines is 1. The van der Waals surface area contributed by atoms with Gasteiger partial charge in [-0.25, -0.2) is 4.79 Å². The quantitative estimate of drug-likeness (QED) is 0.154. The summed E-state index contributed by atoms with van der Waals surface area (Å²) in [7, 11) is 1.69. The molecule has 6 rings (SSSR count). The first kappa shape index (κ1) is 44.3. The number of nitrogens with zero attached hydrogens (tertiary/aromatic N) is 2. The molecule has 2 aliphatic carbocycles. The number of allylic oxidation sites excluding steroid dienone is 2. The number of likely N-dealkylation sites (tertiary alicyclic amines) is 1. The molecule has 2 aliphatic heterocycles. The van der Waals surface area contributed by atoms with Gasteiger partial charge in [-0.3, -0.25) is 0 Å². The number of hydrogen-bond donors (Lipinski definition) is 3. The van der Waals surface area contributed by atoms with Crippen molar-refractivity contribution in [3.63, 3.8) is 0 Å². The minimum Gasteiger partial charge on any atom is -0.490 e. The maximum atomic E-state index is 10.6. The van der Waals surface area contributed by atoms with E-state index in [9.17, 15) is 4.79 Å². The van der Waals surface area contributed by atoms with E-state index in [2.05, 4.69) is 67.3 Å². The van der Waals surface area contributed by atoms with Gasteiger partial charge < -0.3 is 40.1 Å². The monoisotopic (exact) mass is 755 g/mol. The predicted octanol–water partition coefficient (Wildman–Crippen LogP) is 8.64. The molecular weight excluding hydrogens is 685 g/mol.